The number of oxazole rings is 1. The highest BCUT2D eigenvalue weighted by molar-refractivity contribution is 5.86. The molecule has 20 heavy (non-hydrogen) atoms. The molecule has 0 amide bonds. The Morgan fingerprint density at radius 2 is 2.25 bits per heavy atom. The van der Waals surface area contributed by atoms with Crippen molar-refractivity contribution in [2.45, 2.75) is 13.5 Å². The number of rotatable bonds is 6. The van der Waals surface area contributed by atoms with Crippen LogP contribution in [0.3, 0.4) is 0 Å². The summed E-state index contributed by atoms with van der Waals surface area (Å²) in [4.78, 5) is 15.3. The smallest absolute Gasteiger partial charge is 0.399 e. The summed E-state index contributed by atoms with van der Waals surface area (Å²) >= 11 is 0. The summed E-state index contributed by atoms with van der Waals surface area (Å²) in [6.07, 6.45) is 1.19. The van der Waals surface area contributed by atoms with E-state index in [2.05, 4.69) is 4.98 Å². The number of esters is 1. The molecule has 0 aliphatic heterocycles. The number of nitrogens with zero attached hydrogens (tertiary/aromatic N) is 1. The lowest BCUT2D eigenvalue weighted by atomic mass is 10.2. The zero-order valence-electron chi connectivity index (χ0n) is 11.3. The second-order valence-electron chi connectivity index (χ2n) is 3.90. The highest BCUT2D eigenvalue weighted by Crippen LogP contribution is 2.22. The number of hydrogen-bond acceptors (Lipinski definition) is 6. The summed E-state index contributed by atoms with van der Waals surface area (Å²) in [6.45, 7) is 2.48. The van der Waals surface area contributed by atoms with Gasteiger partial charge in [0.2, 0.25) is 0 Å². The minimum absolute atomic E-state index is 0.0115. The van der Waals surface area contributed by atoms with Crippen molar-refractivity contribution in [3.05, 3.63) is 41.8 Å². The quantitative estimate of drug-likeness (QED) is 0.756. The van der Waals surface area contributed by atoms with Crippen LogP contribution in [0.1, 0.15) is 23.0 Å². The van der Waals surface area contributed by atoms with Crippen molar-refractivity contribution < 1.29 is 23.4 Å². The summed E-state index contributed by atoms with van der Waals surface area (Å²) < 4.78 is 20.4. The van der Waals surface area contributed by atoms with Crippen LogP contribution in [0.25, 0.3) is 0 Å². The van der Waals surface area contributed by atoms with Gasteiger partial charge in [0, 0.05) is 7.11 Å². The number of ether oxygens (including phenoxy) is 3. The van der Waals surface area contributed by atoms with E-state index in [4.69, 9.17) is 18.6 Å². The van der Waals surface area contributed by atoms with Crippen LogP contribution in [0.2, 0.25) is 0 Å². The molecule has 0 saturated carbocycles. The molecule has 2 aromatic rings. The van der Waals surface area contributed by atoms with Crippen LogP contribution in [0, 0.1) is 0 Å². The first-order chi connectivity index (χ1) is 9.72. The lowest BCUT2D eigenvalue weighted by Gasteiger charge is -2.03. The normalized spacial score (nSPS) is 10.3. The third kappa shape index (κ3) is 3.58. The van der Waals surface area contributed by atoms with Gasteiger partial charge in [-0.3, -0.25) is 0 Å². The van der Waals surface area contributed by atoms with E-state index in [9.17, 15) is 4.79 Å². The number of aromatic nitrogens is 1. The lowest BCUT2D eigenvalue weighted by molar-refractivity contribution is 0.0519. The van der Waals surface area contributed by atoms with Gasteiger partial charge in [-0.2, -0.15) is 4.98 Å². The Labute approximate surface area is 116 Å². The standard InChI is InChI=1S/C14H15NO5/c1-3-18-13(16)12-9-19-14(15-12)20-11-6-4-5-10(7-11)8-17-2/h4-7,9H,3,8H2,1-2H3. The van der Waals surface area contributed by atoms with Gasteiger partial charge < -0.3 is 18.6 Å². The zero-order valence-corrected chi connectivity index (χ0v) is 11.3. The second kappa shape index (κ2) is 6.72. The van der Waals surface area contributed by atoms with Crippen LogP contribution < -0.4 is 4.74 Å². The molecule has 6 nitrogen and oxygen atoms in total. The molecular formula is C14H15NO5. The van der Waals surface area contributed by atoms with Gasteiger partial charge in [-0.1, -0.05) is 12.1 Å². The van der Waals surface area contributed by atoms with Crippen LogP contribution in [0.5, 0.6) is 11.8 Å². The van der Waals surface area contributed by atoms with Crippen molar-refractivity contribution in [2.75, 3.05) is 13.7 Å². The van der Waals surface area contributed by atoms with E-state index >= 15 is 0 Å². The van der Waals surface area contributed by atoms with Gasteiger partial charge >= 0.3 is 12.0 Å². The molecule has 0 N–H and O–H groups in total. The van der Waals surface area contributed by atoms with Crippen molar-refractivity contribution in [3.63, 3.8) is 0 Å². The van der Waals surface area contributed by atoms with Crippen LogP contribution in [0.4, 0.5) is 0 Å². The number of benzene rings is 1. The summed E-state index contributed by atoms with van der Waals surface area (Å²) in [5.41, 5.74) is 1.04. The minimum atomic E-state index is -0.542. The Bertz CT molecular complexity index is 578. The Balaban J connectivity index is 2.06. The highest BCUT2D eigenvalue weighted by Gasteiger charge is 2.14. The maximum absolute atomic E-state index is 11.4. The molecule has 0 aliphatic carbocycles. The highest BCUT2D eigenvalue weighted by atomic mass is 16.6. The topological polar surface area (TPSA) is 70.8 Å². The fourth-order valence-corrected chi connectivity index (χ4v) is 1.57. The molecule has 0 bridgehead atoms. The molecule has 0 unspecified atom stereocenters. The summed E-state index contributed by atoms with van der Waals surface area (Å²) in [5, 5.41) is 0. The third-order valence-electron chi connectivity index (χ3n) is 2.38. The molecule has 6 heteroatoms. The SMILES string of the molecule is CCOC(=O)c1coc(Oc2cccc(COC)c2)n1. The molecule has 1 aromatic heterocycles. The van der Waals surface area contributed by atoms with Crippen LogP contribution in [-0.2, 0) is 16.1 Å². The van der Waals surface area contributed by atoms with E-state index in [1.54, 1.807) is 26.2 Å². The third-order valence-corrected chi connectivity index (χ3v) is 2.38. The van der Waals surface area contributed by atoms with Crippen LogP contribution in [0.15, 0.2) is 34.9 Å². The number of hydrogen-bond donors (Lipinski definition) is 0. The first kappa shape index (κ1) is 14.1. The van der Waals surface area contributed by atoms with Gasteiger partial charge in [-0.15, -0.1) is 0 Å². The lowest BCUT2D eigenvalue weighted by Crippen LogP contribution is -2.04. The van der Waals surface area contributed by atoms with Gasteiger partial charge in [-0.05, 0) is 24.6 Å². The van der Waals surface area contributed by atoms with Crippen LogP contribution in [-0.4, -0.2) is 24.7 Å². The summed E-state index contributed by atoms with van der Waals surface area (Å²) in [6, 6.07) is 7.31. The number of methoxy groups -OCH3 is 1. The molecule has 0 radical (unpaired) electrons. The maximum atomic E-state index is 11.4. The molecule has 1 heterocycles. The number of carbonyl (C=O) groups is 1. The summed E-state index contributed by atoms with van der Waals surface area (Å²) in [7, 11) is 1.62. The van der Waals surface area contributed by atoms with Crippen LogP contribution >= 0.6 is 0 Å². The van der Waals surface area contributed by atoms with Crippen molar-refractivity contribution in [1.29, 1.82) is 0 Å². The maximum Gasteiger partial charge on any atom is 0.399 e. The molecule has 0 fully saturated rings. The predicted molar refractivity (Wildman–Crippen MR) is 69.7 cm³/mol. The number of carbonyl (C=O) groups excluding carboxylic acids is 1. The molecular weight excluding hydrogens is 262 g/mol. The molecule has 1 aromatic carbocycles. The van der Waals surface area contributed by atoms with Gasteiger partial charge in [0.25, 0.3) is 0 Å². The van der Waals surface area contributed by atoms with Gasteiger partial charge in [0.1, 0.15) is 12.0 Å². The van der Waals surface area contributed by atoms with E-state index in [0.29, 0.717) is 12.4 Å². The van der Waals surface area contributed by atoms with Crippen molar-refractivity contribution in [2.24, 2.45) is 0 Å². The van der Waals surface area contributed by atoms with E-state index < -0.39 is 5.97 Å². The molecule has 0 spiro atoms. The average molecular weight is 277 g/mol. The van der Waals surface area contributed by atoms with Gasteiger partial charge in [0.05, 0.1) is 13.2 Å². The Morgan fingerprint density at radius 3 is 3.00 bits per heavy atom. The Hall–Kier alpha value is -2.34. The van der Waals surface area contributed by atoms with E-state index in [-0.39, 0.29) is 18.4 Å². The van der Waals surface area contributed by atoms with Crippen molar-refractivity contribution in [1.82, 2.24) is 4.98 Å². The minimum Gasteiger partial charge on any atom is -0.461 e. The molecule has 2 rings (SSSR count). The largest absolute Gasteiger partial charge is 0.461 e. The Morgan fingerprint density at radius 1 is 1.40 bits per heavy atom. The fourth-order valence-electron chi connectivity index (χ4n) is 1.57. The molecule has 0 saturated heterocycles. The van der Waals surface area contributed by atoms with Crippen molar-refractivity contribution >= 4 is 5.97 Å². The first-order valence-electron chi connectivity index (χ1n) is 6.11. The average Bonchev–Trinajstić information content (AvgIpc) is 2.88. The van der Waals surface area contributed by atoms with E-state index in [1.807, 2.05) is 12.1 Å². The van der Waals surface area contributed by atoms with Gasteiger partial charge in [-0.25, -0.2) is 4.79 Å². The Kier molecular flexibility index (Phi) is 4.73. The second-order valence-corrected chi connectivity index (χ2v) is 3.90. The van der Waals surface area contributed by atoms with Gasteiger partial charge in [0.15, 0.2) is 5.69 Å². The van der Waals surface area contributed by atoms with E-state index in [1.165, 1.54) is 6.26 Å². The molecule has 0 aliphatic rings. The zero-order chi connectivity index (χ0) is 14.4. The van der Waals surface area contributed by atoms with E-state index in [0.717, 1.165) is 5.56 Å². The summed E-state index contributed by atoms with van der Waals surface area (Å²) in [5.74, 6) is 0.0102. The first-order valence-corrected chi connectivity index (χ1v) is 6.11. The monoisotopic (exact) mass is 277 g/mol. The molecule has 106 valence electrons. The molecule has 0 atom stereocenters. The predicted octanol–water partition coefficient (Wildman–Crippen LogP) is 2.79. The van der Waals surface area contributed by atoms with Crippen molar-refractivity contribution in [3.8, 4) is 11.8 Å². The fraction of sp³-hybridized carbons (Fsp3) is 0.286.